The number of anilines is 1. The number of hydrogen-bond acceptors (Lipinski definition) is 4. The second-order valence-electron chi connectivity index (χ2n) is 5.49. The van der Waals surface area contributed by atoms with Gasteiger partial charge < -0.3 is 9.64 Å². The Morgan fingerprint density at radius 3 is 2.65 bits per heavy atom. The molecule has 0 amide bonds. The van der Waals surface area contributed by atoms with Crippen molar-refractivity contribution in [3.05, 3.63) is 22.6 Å². The first-order chi connectivity index (χ1) is 9.61. The number of aromatic nitrogens is 2. The summed E-state index contributed by atoms with van der Waals surface area (Å²) in [7, 11) is 0. The van der Waals surface area contributed by atoms with Crippen LogP contribution in [0.2, 0.25) is 0 Å². The highest BCUT2D eigenvalue weighted by Gasteiger charge is 2.16. The molecule has 5 nitrogen and oxygen atoms in total. The molecule has 0 N–H and O–H groups in total. The molecule has 6 heteroatoms. The van der Waals surface area contributed by atoms with Crippen molar-refractivity contribution < 1.29 is 4.74 Å². The normalized spacial score (nSPS) is 17.5. The molecule has 1 aromatic heterocycles. The zero-order chi connectivity index (χ0) is 14.5. The van der Waals surface area contributed by atoms with E-state index in [0.717, 1.165) is 24.1 Å². The Kier molecular flexibility index (Phi) is 5.60. The molecule has 0 aliphatic carbocycles. The van der Waals surface area contributed by atoms with Gasteiger partial charge in [0.2, 0.25) is 0 Å². The van der Waals surface area contributed by atoms with Crippen LogP contribution in [0.15, 0.2) is 17.1 Å². The summed E-state index contributed by atoms with van der Waals surface area (Å²) in [5.41, 5.74) is 0.870. The molecule has 1 fully saturated rings. The summed E-state index contributed by atoms with van der Waals surface area (Å²) in [4.78, 5) is 14.3. The zero-order valence-electron chi connectivity index (χ0n) is 12.1. The van der Waals surface area contributed by atoms with Gasteiger partial charge in [0.05, 0.1) is 25.1 Å². The van der Waals surface area contributed by atoms with E-state index in [1.165, 1.54) is 0 Å². The lowest BCUT2D eigenvalue weighted by Gasteiger charge is -2.28. The highest BCUT2D eigenvalue weighted by Crippen LogP contribution is 2.16. The Labute approximate surface area is 128 Å². The lowest BCUT2D eigenvalue weighted by atomic mass is 9.98. The van der Waals surface area contributed by atoms with Gasteiger partial charge in [-0.1, -0.05) is 29.8 Å². The Morgan fingerprint density at radius 1 is 1.40 bits per heavy atom. The average Bonchev–Trinajstić information content (AvgIpc) is 2.46. The fraction of sp³-hybridized carbons (Fsp3) is 0.714. The minimum Gasteiger partial charge on any atom is -0.378 e. The number of ether oxygens (including phenoxy) is 1. The molecule has 2 rings (SSSR count). The van der Waals surface area contributed by atoms with E-state index in [2.05, 4.69) is 39.8 Å². The summed E-state index contributed by atoms with van der Waals surface area (Å²) in [5.74, 6) is 0.927. The van der Waals surface area contributed by atoms with Crippen LogP contribution in [0.4, 0.5) is 5.69 Å². The summed E-state index contributed by atoms with van der Waals surface area (Å²) in [6.45, 7) is 8.05. The van der Waals surface area contributed by atoms with Crippen LogP contribution in [0.1, 0.15) is 13.8 Å². The zero-order valence-corrected chi connectivity index (χ0v) is 13.7. The van der Waals surface area contributed by atoms with Crippen LogP contribution >= 0.6 is 15.9 Å². The third kappa shape index (κ3) is 3.82. The van der Waals surface area contributed by atoms with Crippen LogP contribution in [0.25, 0.3) is 0 Å². The number of nitrogens with zero attached hydrogens (tertiary/aromatic N) is 3. The predicted molar refractivity (Wildman–Crippen MR) is 83.7 cm³/mol. The van der Waals surface area contributed by atoms with Crippen LogP contribution in [0.5, 0.6) is 0 Å². The second kappa shape index (κ2) is 7.22. The van der Waals surface area contributed by atoms with Crippen molar-refractivity contribution in [2.24, 2.45) is 11.8 Å². The molecular formula is C14H22BrN3O2. The number of hydrogen-bond donors (Lipinski definition) is 0. The van der Waals surface area contributed by atoms with Gasteiger partial charge in [0, 0.05) is 31.0 Å². The molecule has 1 unspecified atom stereocenters. The first-order valence-corrected chi connectivity index (χ1v) is 8.19. The van der Waals surface area contributed by atoms with Crippen LogP contribution in [-0.4, -0.2) is 41.4 Å². The Morgan fingerprint density at radius 2 is 2.10 bits per heavy atom. The van der Waals surface area contributed by atoms with Crippen molar-refractivity contribution in [3.8, 4) is 0 Å². The SMILES string of the molecule is CC(C)C(CBr)Cn1ncc(N2CCOCC2)cc1=O. The van der Waals surface area contributed by atoms with E-state index in [0.29, 0.717) is 31.6 Å². The highest BCUT2D eigenvalue weighted by molar-refractivity contribution is 9.09. The Hall–Kier alpha value is -0.880. The predicted octanol–water partition coefficient (Wildman–Crippen LogP) is 1.75. The standard InChI is InChI=1S/C14H22BrN3O2/c1-11(2)12(8-15)10-18-14(19)7-13(9-16-18)17-3-5-20-6-4-17/h7,9,11-12H,3-6,8,10H2,1-2H3. The van der Waals surface area contributed by atoms with Crippen molar-refractivity contribution in [2.75, 3.05) is 36.5 Å². The summed E-state index contributed by atoms with van der Waals surface area (Å²) in [6.07, 6.45) is 1.79. The smallest absolute Gasteiger partial charge is 0.268 e. The average molecular weight is 344 g/mol. The maximum atomic E-state index is 12.2. The van der Waals surface area contributed by atoms with Gasteiger partial charge in [-0.2, -0.15) is 5.10 Å². The summed E-state index contributed by atoms with van der Waals surface area (Å²) in [5, 5.41) is 5.20. The molecule has 0 spiro atoms. The van der Waals surface area contributed by atoms with E-state index in [9.17, 15) is 4.79 Å². The fourth-order valence-electron chi connectivity index (χ4n) is 2.22. The molecule has 1 aromatic rings. The van der Waals surface area contributed by atoms with Gasteiger partial charge in [-0.15, -0.1) is 0 Å². The molecule has 0 radical (unpaired) electrons. The summed E-state index contributed by atoms with van der Waals surface area (Å²) < 4.78 is 6.88. The quantitative estimate of drug-likeness (QED) is 0.764. The lowest BCUT2D eigenvalue weighted by Crippen LogP contribution is -2.37. The van der Waals surface area contributed by atoms with E-state index < -0.39 is 0 Å². The molecule has 0 bridgehead atoms. The Bertz CT molecular complexity index is 484. The first-order valence-electron chi connectivity index (χ1n) is 7.07. The minimum atomic E-state index is -0.0272. The lowest BCUT2D eigenvalue weighted by molar-refractivity contribution is 0.122. The van der Waals surface area contributed by atoms with Gasteiger partial charge in [0.25, 0.3) is 5.56 Å². The van der Waals surface area contributed by atoms with Gasteiger partial charge in [-0.25, -0.2) is 4.68 Å². The van der Waals surface area contributed by atoms with E-state index in [4.69, 9.17) is 4.74 Å². The highest BCUT2D eigenvalue weighted by atomic mass is 79.9. The molecule has 1 atom stereocenters. The summed E-state index contributed by atoms with van der Waals surface area (Å²) in [6, 6.07) is 1.68. The second-order valence-corrected chi connectivity index (χ2v) is 6.14. The van der Waals surface area contributed by atoms with Gasteiger partial charge in [0.1, 0.15) is 0 Å². The number of alkyl halides is 1. The number of rotatable bonds is 5. The number of morpholine rings is 1. The van der Waals surface area contributed by atoms with E-state index >= 15 is 0 Å². The maximum absolute atomic E-state index is 12.2. The van der Waals surface area contributed by atoms with Crippen molar-refractivity contribution in [1.29, 1.82) is 0 Å². The topological polar surface area (TPSA) is 47.4 Å². The van der Waals surface area contributed by atoms with Crippen molar-refractivity contribution >= 4 is 21.6 Å². The van der Waals surface area contributed by atoms with Gasteiger partial charge >= 0.3 is 0 Å². The van der Waals surface area contributed by atoms with Crippen LogP contribution in [0, 0.1) is 11.8 Å². The van der Waals surface area contributed by atoms with E-state index in [1.54, 1.807) is 16.9 Å². The third-order valence-corrected chi connectivity index (χ3v) is 4.61. The van der Waals surface area contributed by atoms with Crippen molar-refractivity contribution in [2.45, 2.75) is 20.4 Å². The van der Waals surface area contributed by atoms with E-state index in [1.807, 2.05) is 0 Å². The molecular weight excluding hydrogens is 322 g/mol. The van der Waals surface area contributed by atoms with Crippen molar-refractivity contribution in [1.82, 2.24) is 9.78 Å². The summed E-state index contributed by atoms with van der Waals surface area (Å²) >= 11 is 3.51. The molecule has 0 saturated carbocycles. The van der Waals surface area contributed by atoms with Crippen LogP contribution in [-0.2, 0) is 11.3 Å². The fourth-order valence-corrected chi connectivity index (χ4v) is 3.17. The van der Waals surface area contributed by atoms with Crippen molar-refractivity contribution in [3.63, 3.8) is 0 Å². The molecule has 1 aliphatic rings. The first kappa shape index (κ1) is 15.5. The van der Waals surface area contributed by atoms with E-state index in [-0.39, 0.29) is 5.56 Å². The van der Waals surface area contributed by atoms with Gasteiger partial charge in [-0.05, 0) is 11.8 Å². The Balaban J connectivity index is 2.11. The molecule has 1 aliphatic heterocycles. The minimum absolute atomic E-state index is 0.0272. The van der Waals surface area contributed by atoms with Gasteiger partial charge in [-0.3, -0.25) is 4.79 Å². The molecule has 2 heterocycles. The van der Waals surface area contributed by atoms with Gasteiger partial charge in [0.15, 0.2) is 0 Å². The third-order valence-electron chi connectivity index (χ3n) is 3.78. The number of halogens is 1. The monoisotopic (exact) mass is 343 g/mol. The largest absolute Gasteiger partial charge is 0.378 e. The van der Waals surface area contributed by atoms with Crippen LogP contribution < -0.4 is 10.5 Å². The molecule has 112 valence electrons. The molecule has 20 heavy (non-hydrogen) atoms. The van der Waals surface area contributed by atoms with Crippen LogP contribution in [0.3, 0.4) is 0 Å². The maximum Gasteiger partial charge on any atom is 0.268 e. The molecule has 1 saturated heterocycles. The molecule has 0 aromatic carbocycles.